The van der Waals surface area contributed by atoms with Crippen molar-refractivity contribution < 1.29 is 14.3 Å². The number of carbonyl (C=O) groups excluding carboxylic acids is 1. The van der Waals surface area contributed by atoms with Gasteiger partial charge in [-0.05, 0) is 18.4 Å². The summed E-state index contributed by atoms with van der Waals surface area (Å²) in [5.41, 5.74) is 1.07. The maximum absolute atomic E-state index is 12.6. The molecule has 2 aliphatic rings. The lowest BCUT2D eigenvalue weighted by Gasteiger charge is -2.16. The molecule has 0 radical (unpaired) electrons. The van der Waals surface area contributed by atoms with E-state index in [9.17, 15) is 4.79 Å². The van der Waals surface area contributed by atoms with Gasteiger partial charge in [0.25, 0.3) is 0 Å². The molecule has 1 aromatic heterocycles. The van der Waals surface area contributed by atoms with Crippen LogP contribution >= 0.6 is 0 Å². The van der Waals surface area contributed by atoms with Gasteiger partial charge in [-0.2, -0.15) is 5.10 Å². The third-order valence-corrected chi connectivity index (χ3v) is 5.33. The number of rotatable bonds is 8. The van der Waals surface area contributed by atoms with Gasteiger partial charge in [-0.3, -0.25) is 9.89 Å². The quantitative estimate of drug-likeness (QED) is 0.770. The van der Waals surface area contributed by atoms with E-state index in [-0.39, 0.29) is 24.3 Å². The van der Waals surface area contributed by atoms with Gasteiger partial charge in [0.2, 0.25) is 5.91 Å². The highest BCUT2D eigenvalue weighted by atomic mass is 16.5. The highest BCUT2D eigenvalue weighted by Gasteiger charge is 2.39. The third-order valence-electron chi connectivity index (χ3n) is 5.33. The SMILES string of the molecule is COC[C@@H]1CN(C(=O)COCc2ccccc2)C[C@H]1c1nc(C2CC2)n[nH]1. The fraction of sp³-hybridized carbons (Fsp3) is 0.550. The molecule has 1 aliphatic heterocycles. The molecule has 27 heavy (non-hydrogen) atoms. The second-order valence-electron chi connectivity index (χ2n) is 7.45. The minimum atomic E-state index is 0.0106. The maximum Gasteiger partial charge on any atom is 0.248 e. The Balaban J connectivity index is 1.34. The summed E-state index contributed by atoms with van der Waals surface area (Å²) in [7, 11) is 1.69. The monoisotopic (exact) mass is 370 g/mol. The number of nitrogens with one attached hydrogen (secondary N) is 1. The van der Waals surface area contributed by atoms with E-state index < -0.39 is 0 Å². The van der Waals surface area contributed by atoms with Crippen molar-refractivity contribution in [2.24, 2.45) is 5.92 Å². The highest BCUT2D eigenvalue weighted by Crippen LogP contribution is 2.39. The Kier molecular flexibility index (Phi) is 5.50. The highest BCUT2D eigenvalue weighted by molar-refractivity contribution is 5.77. The predicted molar refractivity (Wildman–Crippen MR) is 99.1 cm³/mol. The Bertz CT molecular complexity index is 760. The Morgan fingerprint density at radius 3 is 2.81 bits per heavy atom. The van der Waals surface area contributed by atoms with Crippen LogP contribution in [0.25, 0.3) is 0 Å². The van der Waals surface area contributed by atoms with Crippen LogP contribution in [0.2, 0.25) is 0 Å². The normalized spacial score (nSPS) is 22.3. The van der Waals surface area contributed by atoms with Crippen molar-refractivity contribution in [1.82, 2.24) is 20.1 Å². The molecule has 1 saturated carbocycles. The van der Waals surface area contributed by atoms with Crippen LogP contribution in [-0.2, 0) is 20.9 Å². The number of aromatic nitrogens is 3. The van der Waals surface area contributed by atoms with E-state index in [4.69, 9.17) is 14.5 Å². The number of nitrogens with zero attached hydrogens (tertiary/aromatic N) is 3. The maximum atomic E-state index is 12.6. The van der Waals surface area contributed by atoms with Crippen molar-refractivity contribution in [2.45, 2.75) is 31.3 Å². The fourth-order valence-electron chi connectivity index (χ4n) is 3.67. The van der Waals surface area contributed by atoms with Gasteiger partial charge >= 0.3 is 0 Å². The van der Waals surface area contributed by atoms with Gasteiger partial charge in [-0.15, -0.1) is 0 Å². The lowest BCUT2D eigenvalue weighted by atomic mass is 9.96. The Labute approximate surface area is 159 Å². The molecule has 0 unspecified atom stereocenters. The molecule has 1 amide bonds. The topological polar surface area (TPSA) is 80.3 Å². The van der Waals surface area contributed by atoms with Crippen molar-refractivity contribution in [3.05, 3.63) is 47.5 Å². The van der Waals surface area contributed by atoms with Gasteiger partial charge in [-0.1, -0.05) is 30.3 Å². The number of benzene rings is 1. The summed E-state index contributed by atoms with van der Waals surface area (Å²) in [6.45, 7) is 2.41. The molecule has 1 saturated heterocycles. The molecule has 1 aromatic carbocycles. The van der Waals surface area contributed by atoms with Crippen LogP contribution < -0.4 is 0 Å². The predicted octanol–water partition coefficient (Wildman–Crippen LogP) is 2.09. The van der Waals surface area contributed by atoms with Crippen molar-refractivity contribution in [2.75, 3.05) is 33.4 Å². The average molecular weight is 370 g/mol. The second kappa shape index (κ2) is 8.19. The third kappa shape index (κ3) is 4.36. The first-order chi connectivity index (χ1) is 13.2. The summed E-state index contributed by atoms with van der Waals surface area (Å²) in [5, 5.41) is 7.46. The van der Waals surface area contributed by atoms with Crippen LogP contribution in [0.4, 0.5) is 0 Å². The van der Waals surface area contributed by atoms with Gasteiger partial charge in [0, 0.05) is 38.0 Å². The summed E-state index contributed by atoms with van der Waals surface area (Å²) in [6, 6.07) is 9.88. The van der Waals surface area contributed by atoms with E-state index in [1.165, 1.54) is 12.8 Å². The first-order valence-corrected chi connectivity index (χ1v) is 9.55. The molecule has 4 rings (SSSR count). The lowest BCUT2D eigenvalue weighted by Crippen LogP contribution is -2.32. The number of methoxy groups -OCH3 is 1. The molecule has 1 N–H and O–H groups in total. The zero-order chi connectivity index (χ0) is 18.6. The van der Waals surface area contributed by atoms with Crippen molar-refractivity contribution in [3.63, 3.8) is 0 Å². The number of hydrogen-bond donors (Lipinski definition) is 1. The summed E-state index contributed by atoms with van der Waals surface area (Å²) in [5.74, 6) is 2.66. The molecule has 0 bridgehead atoms. The molecular weight excluding hydrogens is 344 g/mol. The first-order valence-electron chi connectivity index (χ1n) is 9.55. The second-order valence-corrected chi connectivity index (χ2v) is 7.45. The Morgan fingerprint density at radius 2 is 2.07 bits per heavy atom. The summed E-state index contributed by atoms with van der Waals surface area (Å²) in [4.78, 5) is 19.2. The first kappa shape index (κ1) is 18.1. The van der Waals surface area contributed by atoms with Crippen LogP contribution in [0.15, 0.2) is 30.3 Å². The molecule has 2 aromatic rings. The lowest BCUT2D eigenvalue weighted by molar-refractivity contribution is -0.135. The molecular formula is C20H26N4O3. The van der Waals surface area contributed by atoms with Crippen molar-refractivity contribution in [3.8, 4) is 0 Å². The van der Waals surface area contributed by atoms with Crippen molar-refractivity contribution in [1.29, 1.82) is 0 Å². The smallest absolute Gasteiger partial charge is 0.248 e. The molecule has 2 heterocycles. The number of amides is 1. The van der Waals surface area contributed by atoms with Gasteiger partial charge in [-0.25, -0.2) is 4.98 Å². The van der Waals surface area contributed by atoms with Crippen LogP contribution in [0.3, 0.4) is 0 Å². The summed E-state index contributed by atoms with van der Waals surface area (Å²) >= 11 is 0. The fourth-order valence-corrected chi connectivity index (χ4v) is 3.67. The standard InChI is InChI=1S/C20H26N4O3/c1-26-12-16-9-24(18(25)13-27-11-14-5-3-2-4-6-14)10-17(16)20-21-19(22-23-20)15-7-8-15/h2-6,15-17H,7-13H2,1H3,(H,21,22,23)/t16-,17+/m0/s1. The van der Waals surface area contributed by atoms with Gasteiger partial charge in [0.05, 0.1) is 13.2 Å². The van der Waals surface area contributed by atoms with Gasteiger partial charge in [0.15, 0.2) is 5.82 Å². The van der Waals surface area contributed by atoms with E-state index >= 15 is 0 Å². The zero-order valence-electron chi connectivity index (χ0n) is 15.6. The minimum Gasteiger partial charge on any atom is -0.384 e. The zero-order valence-corrected chi connectivity index (χ0v) is 15.6. The molecule has 144 valence electrons. The van der Waals surface area contributed by atoms with Gasteiger partial charge < -0.3 is 14.4 Å². The van der Waals surface area contributed by atoms with E-state index in [1.54, 1.807) is 7.11 Å². The van der Waals surface area contributed by atoms with E-state index in [0.29, 0.717) is 32.2 Å². The molecule has 1 aliphatic carbocycles. The molecule has 2 atom stereocenters. The summed E-state index contributed by atoms with van der Waals surface area (Å²) in [6.07, 6.45) is 2.35. The number of likely N-dealkylation sites (tertiary alicyclic amines) is 1. The molecule has 7 heteroatoms. The van der Waals surface area contributed by atoms with Crippen LogP contribution in [-0.4, -0.2) is 59.4 Å². The van der Waals surface area contributed by atoms with Crippen LogP contribution in [0, 0.1) is 5.92 Å². The van der Waals surface area contributed by atoms with Crippen LogP contribution in [0.1, 0.15) is 41.9 Å². The average Bonchev–Trinajstić information content (AvgIpc) is 3.26. The van der Waals surface area contributed by atoms with Crippen LogP contribution in [0.5, 0.6) is 0 Å². The van der Waals surface area contributed by atoms with E-state index in [0.717, 1.165) is 17.2 Å². The summed E-state index contributed by atoms with van der Waals surface area (Å²) < 4.78 is 11.0. The Hall–Kier alpha value is -2.25. The number of H-pyrrole nitrogens is 1. The largest absolute Gasteiger partial charge is 0.384 e. The van der Waals surface area contributed by atoms with Crippen molar-refractivity contribution >= 4 is 5.91 Å². The van der Waals surface area contributed by atoms with E-state index in [1.807, 2.05) is 35.2 Å². The molecule has 0 spiro atoms. The van der Waals surface area contributed by atoms with E-state index in [2.05, 4.69) is 10.2 Å². The number of carbonyl (C=O) groups is 1. The molecule has 7 nitrogen and oxygen atoms in total. The number of aromatic amines is 1. The minimum absolute atomic E-state index is 0.0106. The Morgan fingerprint density at radius 1 is 1.26 bits per heavy atom. The van der Waals surface area contributed by atoms with Gasteiger partial charge in [0.1, 0.15) is 12.4 Å². The molecule has 2 fully saturated rings. The number of ether oxygens (including phenoxy) is 2. The number of hydrogen-bond acceptors (Lipinski definition) is 5.